The molecule has 0 bridgehead atoms. The van der Waals surface area contributed by atoms with E-state index in [1.54, 1.807) is 7.11 Å². The summed E-state index contributed by atoms with van der Waals surface area (Å²) in [6.07, 6.45) is 1.09. The van der Waals surface area contributed by atoms with Gasteiger partial charge in [0, 0.05) is 13.0 Å². The van der Waals surface area contributed by atoms with Crippen molar-refractivity contribution in [3.05, 3.63) is 0 Å². The van der Waals surface area contributed by atoms with Crippen LogP contribution in [0.5, 0.6) is 0 Å². The lowest BCUT2D eigenvalue weighted by molar-refractivity contribution is -0.143. The molecule has 0 saturated heterocycles. The largest absolute Gasteiger partial charge is 0.469 e. The number of carbonyl (C=O) groups is 1. The first-order valence-corrected chi connectivity index (χ1v) is 3.86. The summed E-state index contributed by atoms with van der Waals surface area (Å²) in [4.78, 5) is 11.0. The molecule has 1 aliphatic rings. The summed E-state index contributed by atoms with van der Waals surface area (Å²) in [7, 11) is 3.05. The molecule has 0 amide bonds. The van der Waals surface area contributed by atoms with E-state index >= 15 is 0 Å². The Kier molecular flexibility index (Phi) is 2.49. The van der Waals surface area contributed by atoms with Crippen LogP contribution in [0.3, 0.4) is 0 Å². The second-order valence-electron chi connectivity index (χ2n) is 2.82. The van der Waals surface area contributed by atoms with Crippen molar-refractivity contribution in [2.75, 3.05) is 14.2 Å². The van der Waals surface area contributed by atoms with Crippen molar-refractivity contribution in [3.63, 3.8) is 0 Å². The summed E-state index contributed by atoms with van der Waals surface area (Å²) in [5.41, 5.74) is 0. The van der Waals surface area contributed by atoms with Crippen LogP contribution in [0.25, 0.3) is 0 Å². The molecule has 0 heterocycles. The van der Waals surface area contributed by atoms with Gasteiger partial charge in [0.25, 0.3) is 0 Å². The van der Waals surface area contributed by atoms with Gasteiger partial charge in [-0.05, 0) is 6.42 Å². The fraction of sp³-hybridized carbons (Fsp3) is 0.875. The molecule has 3 heteroatoms. The van der Waals surface area contributed by atoms with E-state index in [2.05, 4.69) is 11.7 Å². The fourth-order valence-corrected chi connectivity index (χ4v) is 1.60. The third-order valence-corrected chi connectivity index (χ3v) is 2.31. The second kappa shape index (κ2) is 3.22. The highest BCUT2D eigenvalue weighted by molar-refractivity contribution is 5.77. The van der Waals surface area contributed by atoms with Gasteiger partial charge in [0.05, 0.1) is 19.1 Å². The molecule has 0 spiro atoms. The highest BCUT2D eigenvalue weighted by Crippen LogP contribution is 2.44. The fourth-order valence-electron chi connectivity index (χ4n) is 1.60. The average Bonchev–Trinajstić information content (AvgIpc) is 2.76. The maximum absolute atomic E-state index is 11.0. The standard InChI is InChI=1S/C8H14O3/c1-4-5-6(7(5)10-2)8(9)11-3/h5-7H,4H2,1-3H3. The van der Waals surface area contributed by atoms with Crippen LogP contribution in [0.4, 0.5) is 0 Å². The molecular formula is C8H14O3. The number of hydrogen-bond acceptors (Lipinski definition) is 3. The van der Waals surface area contributed by atoms with E-state index < -0.39 is 0 Å². The molecule has 3 nitrogen and oxygen atoms in total. The highest BCUT2D eigenvalue weighted by Gasteiger charge is 2.55. The summed E-state index contributed by atoms with van der Waals surface area (Å²) in [5.74, 6) is 0.242. The van der Waals surface area contributed by atoms with Crippen LogP contribution in [-0.2, 0) is 14.3 Å². The molecule has 1 saturated carbocycles. The number of ether oxygens (including phenoxy) is 2. The zero-order valence-corrected chi connectivity index (χ0v) is 7.16. The molecule has 0 aromatic heterocycles. The van der Waals surface area contributed by atoms with Crippen molar-refractivity contribution in [1.82, 2.24) is 0 Å². The molecule has 1 rings (SSSR count). The lowest BCUT2D eigenvalue weighted by Crippen LogP contribution is -2.07. The molecule has 3 atom stereocenters. The van der Waals surface area contributed by atoms with Gasteiger partial charge >= 0.3 is 5.97 Å². The maximum atomic E-state index is 11.0. The SMILES string of the molecule is CCC1C(OC)C1C(=O)OC. The van der Waals surface area contributed by atoms with Gasteiger partial charge in [-0.1, -0.05) is 6.92 Å². The molecule has 0 aromatic carbocycles. The summed E-state index contributed by atoms with van der Waals surface area (Å²) in [6, 6.07) is 0. The average molecular weight is 158 g/mol. The number of hydrogen-bond donors (Lipinski definition) is 0. The zero-order chi connectivity index (χ0) is 8.43. The zero-order valence-electron chi connectivity index (χ0n) is 7.16. The first-order chi connectivity index (χ1) is 5.26. The van der Waals surface area contributed by atoms with Gasteiger partial charge in [-0.15, -0.1) is 0 Å². The molecule has 1 fully saturated rings. The Morgan fingerprint density at radius 1 is 1.45 bits per heavy atom. The van der Waals surface area contributed by atoms with E-state index in [0.29, 0.717) is 5.92 Å². The predicted molar refractivity (Wildman–Crippen MR) is 40.1 cm³/mol. The van der Waals surface area contributed by atoms with Crippen molar-refractivity contribution in [1.29, 1.82) is 0 Å². The van der Waals surface area contributed by atoms with Crippen LogP contribution in [0.2, 0.25) is 0 Å². The quantitative estimate of drug-likeness (QED) is 0.571. The highest BCUT2D eigenvalue weighted by atomic mass is 16.5. The molecule has 3 unspecified atom stereocenters. The van der Waals surface area contributed by atoms with E-state index in [-0.39, 0.29) is 18.0 Å². The molecule has 0 aromatic rings. The van der Waals surface area contributed by atoms with Gasteiger partial charge in [0.1, 0.15) is 0 Å². The van der Waals surface area contributed by atoms with Crippen molar-refractivity contribution in [2.45, 2.75) is 19.4 Å². The van der Waals surface area contributed by atoms with Gasteiger partial charge in [0.2, 0.25) is 0 Å². The van der Waals surface area contributed by atoms with Crippen LogP contribution < -0.4 is 0 Å². The lowest BCUT2D eigenvalue weighted by atomic mass is 10.2. The van der Waals surface area contributed by atoms with Crippen LogP contribution >= 0.6 is 0 Å². The predicted octanol–water partition coefficient (Wildman–Crippen LogP) is 0.830. The van der Waals surface area contributed by atoms with Crippen molar-refractivity contribution < 1.29 is 14.3 Å². The third-order valence-electron chi connectivity index (χ3n) is 2.31. The van der Waals surface area contributed by atoms with E-state index in [4.69, 9.17) is 4.74 Å². The van der Waals surface area contributed by atoms with E-state index in [9.17, 15) is 4.79 Å². The molecule has 0 aliphatic heterocycles. The van der Waals surface area contributed by atoms with Crippen LogP contribution in [-0.4, -0.2) is 26.3 Å². The Morgan fingerprint density at radius 3 is 2.36 bits per heavy atom. The molecule has 1 aliphatic carbocycles. The monoisotopic (exact) mass is 158 g/mol. The topological polar surface area (TPSA) is 35.5 Å². The smallest absolute Gasteiger partial charge is 0.311 e. The van der Waals surface area contributed by atoms with E-state index in [0.717, 1.165) is 6.42 Å². The van der Waals surface area contributed by atoms with Gasteiger partial charge in [-0.3, -0.25) is 4.79 Å². The number of methoxy groups -OCH3 is 2. The Morgan fingerprint density at radius 2 is 2.09 bits per heavy atom. The minimum absolute atomic E-state index is 0.00463. The first-order valence-electron chi connectivity index (χ1n) is 3.86. The van der Waals surface area contributed by atoms with Crippen molar-refractivity contribution in [3.8, 4) is 0 Å². The van der Waals surface area contributed by atoms with E-state index in [1.807, 2.05) is 0 Å². The summed E-state index contributed by atoms with van der Waals surface area (Å²) in [5, 5.41) is 0. The Bertz CT molecular complexity index is 145. The third kappa shape index (κ3) is 1.38. The van der Waals surface area contributed by atoms with Crippen LogP contribution in [0.1, 0.15) is 13.3 Å². The van der Waals surface area contributed by atoms with Crippen LogP contribution in [0, 0.1) is 11.8 Å². The maximum Gasteiger partial charge on any atom is 0.311 e. The first kappa shape index (κ1) is 8.53. The van der Waals surface area contributed by atoms with Crippen molar-refractivity contribution >= 4 is 5.97 Å². The van der Waals surface area contributed by atoms with Gasteiger partial charge in [-0.25, -0.2) is 0 Å². The number of carbonyl (C=O) groups excluding carboxylic acids is 1. The van der Waals surface area contributed by atoms with Gasteiger partial charge < -0.3 is 9.47 Å². The second-order valence-corrected chi connectivity index (χ2v) is 2.82. The molecule has 11 heavy (non-hydrogen) atoms. The summed E-state index contributed by atoms with van der Waals surface area (Å²) >= 11 is 0. The Balaban J connectivity index is 2.44. The molecule has 0 radical (unpaired) electrons. The molecular weight excluding hydrogens is 144 g/mol. The molecule has 0 N–H and O–H groups in total. The van der Waals surface area contributed by atoms with Gasteiger partial charge in [-0.2, -0.15) is 0 Å². The summed E-state index contributed by atoms with van der Waals surface area (Å²) in [6.45, 7) is 2.06. The van der Waals surface area contributed by atoms with Crippen LogP contribution in [0.15, 0.2) is 0 Å². The Hall–Kier alpha value is -0.570. The Labute approximate surface area is 66.7 Å². The summed E-state index contributed by atoms with van der Waals surface area (Å²) < 4.78 is 9.72. The minimum Gasteiger partial charge on any atom is -0.469 e. The number of esters is 1. The minimum atomic E-state index is -0.135. The van der Waals surface area contributed by atoms with E-state index in [1.165, 1.54) is 7.11 Å². The molecule has 64 valence electrons. The normalized spacial score (nSPS) is 35.0. The number of rotatable bonds is 3. The lowest BCUT2D eigenvalue weighted by Gasteiger charge is -1.94. The van der Waals surface area contributed by atoms with Crippen molar-refractivity contribution in [2.24, 2.45) is 11.8 Å². The van der Waals surface area contributed by atoms with Gasteiger partial charge in [0.15, 0.2) is 0 Å².